The van der Waals surface area contributed by atoms with Crippen LogP contribution in [-0.4, -0.2) is 21.9 Å². The minimum Gasteiger partial charge on any atom is -0.364 e. The Morgan fingerprint density at radius 3 is 2.59 bits per heavy atom. The summed E-state index contributed by atoms with van der Waals surface area (Å²) in [7, 11) is 0. The van der Waals surface area contributed by atoms with E-state index in [1.165, 1.54) is 6.20 Å². The van der Waals surface area contributed by atoms with Crippen LogP contribution in [0.25, 0.3) is 0 Å². The molecule has 1 heterocycles. The van der Waals surface area contributed by atoms with Gasteiger partial charge in [-0.2, -0.15) is 5.10 Å². The molecule has 0 radical (unpaired) electrons. The number of Topliss-reactive ketones (excluding diaryl/α,β-unsaturated/α-hetero) is 1. The molecule has 5 heteroatoms. The predicted molar refractivity (Wildman–Crippen MR) is 61.6 cm³/mol. The Morgan fingerprint density at radius 1 is 1.24 bits per heavy atom. The van der Waals surface area contributed by atoms with Gasteiger partial charge >= 0.3 is 0 Å². The van der Waals surface area contributed by atoms with Crippen molar-refractivity contribution in [2.45, 2.75) is 6.42 Å². The minimum atomic E-state index is -0.613. The van der Waals surface area contributed by atoms with Crippen molar-refractivity contribution in [3.05, 3.63) is 53.3 Å². The largest absolute Gasteiger partial charge is 0.364 e. The summed E-state index contributed by atoms with van der Waals surface area (Å²) in [5.41, 5.74) is 6.46. The summed E-state index contributed by atoms with van der Waals surface area (Å²) in [5, 5.41) is 6.20. The van der Waals surface area contributed by atoms with Gasteiger partial charge in [-0.05, 0) is 0 Å². The number of carbonyl (C=O) groups is 2. The molecule has 0 saturated carbocycles. The van der Waals surface area contributed by atoms with Crippen LogP contribution in [0.3, 0.4) is 0 Å². The lowest BCUT2D eigenvalue weighted by molar-refractivity contribution is 0.0990. The highest BCUT2D eigenvalue weighted by molar-refractivity contribution is 6.00. The van der Waals surface area contributed by atoms with Gasteiger partial charge in [0.2, 0.25) is 0 Å². The van der Waals surface area contributed by atoms with Gasteiger partial charge < -0.3 is 5.73 Å². The first-order valence-electron chi connectivity index (χ1n) is 5.09. The van der Waals surface area contributed by atoms with E-state index in [0.717, 1.165) is 0 Å². The molecular weight excluding hydrogens is 218 g/mol. The molecule has 1 amide bonds. The van der Waals surface area contributed by atoms with Crippen LogP contribution >= 0.6 is 0 Å². The summed E-state index contributed by atoms with van der Waals surface area (Å²) >= 11 is 0. The standard InChI is InChI=1S/C12H11N3O2/c13-12(17)11-9(7-14-15-11)6-10(16)8-4-2-1-3-5-8/h1-5,7H,6H2,(H2,13,17)(H,14,15). The number of hydrogen-bond donors (Lipinski definition) is 2. The number of aromatic nitrogens is 2. The van der Waals surface area contributed by atoms with Gasteiger partial charge in [-0.1, -0.05) is 30.3 Å². The number of amides is 1. The molecule has 0 aliphatic rings. The van der Waals surface area contributed by atoms with E-state index >= 15 is 0 Å². The van der Waals surface area contributed by atoms with Crippen LogP contribution in [0.2, 0.25) is 0 Å². The van der Waals surface area contributed by atoms with Crippen LogP contribution in [0, 0.1) is 0 Å². The fourth-order valence-electron chi connectivity index (χ4n) is 1.56. The first kappa shape index (κ1) is 11.1. The van der Waals surface area contributed by atoms with Gasteiger partial charge in [-0.25, -0.2) is 0 Å². The Labute approximate surface area is 97.6 Å². The molecule has 0 bridgehead atoms. The van der Waals surface area contributed by atoms with Crippen molar-refractivity contribution in [2.75, 3.05) is 0 Å². The zero-order valence-corrected chi connectivity index (χ0v) is 9.01. The van der Waals surface area contributed by atoms with Gasteiger partial charge in [0.25, 0.3) is 5.91 Å². The van der Waals surface area contributed by atoms with Gasteiger partial charge in [-0.3, -0.25) is 14.7 Å². The molecule has 0 fully saturated rings. The number of ketones is 1. The predicted octanol–water partition coefficient (Wildman–Crippen LogP) is 0.934. The summed E-state index contributed by atoms with van der Waals surface area (Å²) in [6, 6.07) is 8.87. The highest BCUT2D eigenvalue weighted by Gasteiger charge is 2.14. The third-order valence-corrected chi connectivity index (χ3v) is 2.41. The van der Waals surface area contributed by atoms with Gasteiger partial charge in [0.05, 0.1) is 6.20 Å². The van der Waals surface area contributed by atoms with Crippen LogP contribution in [-0.2, 0) is 6.42 Å². The van der Waals surface area contributed by atoms with Crippen molar-refractivity contribution in [2.24, 2.45) is 5.73 Å². The molecular formula is C12H11N3O2. The quantitative estimate of drug-likeness (QED) is 0.764. The fourth-order valence-corrected chi connectivity index (χ4v) is 1.56. The number of hydrogen-bond acceptors (Lipinski definition) is 3. The third-order valence-electron chi connectivity index (χ3n) is 2.41. The Hall–Kier alpha value is -2.43. The fraction of sp³-hybridized carbons (Fsp3) is 0.0833. The molecule has 1 aromatic carbocycles. The van der Waals surface area contributed by atoms with Gasteiger partial charge in [0, 0.05) is 17.5 Å². The number of primary amides is 1. The van der Waals surface area contributed by atoms with E-state index in [1.807, 2.05) is 6.07 Å². The summed E-state index contributed by atoms with van der Waals surface area (Å²) in [4.78, 5) is 22.9. The van der Waals surface area contributed by atoms with Crippen LogP contribution in [0.1, 0.15) is 26.4 Å². The average molecular weight is 229 g/mol. The first-order chi connectivity index (χ1) is 8.18. The Balaban J connectivity index is 2.19. The smallest absolute Gasteiger partial charge is 0.267 e. The van der Waals surface area contributed by atoms with Crippen molar-refractivity contribution in [1.29, 1.82) is 0 Å². The van der Waals surface area contributed by atoms with Crippen LogP contribution in [0.15, 0.2) is 36.5 Å². The molecule has 0 atom stereocenters. The summed E-state index contributed by atoms with van der Waals surface area (Å²) in [5.74, 6) is -0.687. The lowest BCUT2D eigenvalue weighted by atomic mass is 10.0. The molecule has 17 heavy (non-hydrogen) atoms. The molecule has 2 aromatic rings. The number of nitrogens with zero attached hydrogens (tertiary/aromatic N) is 1. The third kappa shape index (κ3) is 2.39. The Morgan fingerprint density at radius 2 is 1.94 bits per heavy atom. The van der Waals surface area contributed by atoms with Crippen molar-refractivity contribution >= 4 is 11.7 Å². The highest BCUT2D eigenvalue weighted by Crippen LogP contribution is 2.09. The highest BCUT2D eigenvalue weighted by atomic mass is 16.1. The first-order valence-corrected chi connectivity index (χ1v) is 5.09. The summed E-state index contributed by atoms with van der Waals surface area (Å²) in [6.45, 7) is 0. The SMILES string of the molecule is NC(=O)c1[nH]ncc1CC(=O)c1ccccc1. The molecule has 2 rings (SSSR count). The second kappa shape index (κ2) is 4.61. The van der Waals surface area contributed by atoms with E-state index in [0.29, 0.717) is 11.1 Å². The number of nitrogens with one attached hydrogen (secondary N) is 1. The van der Waals surface area contributed by atoms with Gasteiger partial charge in [-0.15, -0.1) is 0 Å². The molecule has 0 saturated heterocycles. The summed E-state index contributed by atoms with van der Waals surface area (Å²) in [6.07, 6.45) is 1.56. The molecule has 0 spiro atoms. The molecule has 3 N–H and O–H groups in total. The van der Waals surface area contributed by atoms with Crippen LogP contribution < -0.4 is 5.73 Å². The van der Waals surface area contributed by atoms with Crippen LogP contribution in [0.5, 0.6) is 0 Å². The van der Waals surface area contributed by atoms with Crippen LogP contribution in [0.4, 0.5) is 0 Å². The van der Waals surface area contributed by atoms with Gasteiger partial charge in [0.15, 0.2) is 5.78 Å². The van der Waals surface area contributed by atoms with Crippen molar-refractivity contribution in [1.82, 2.24) is 10.2 Å². The lowest BCUT2D eigenvalue weighted by Gasteiger charge is -2.00. The van der Waals surface area contributed by atoms with E-state index in [4.69, 9.17) is 5.73 Å². The normalized spacial score (nSPS) is 10.1. The van der Waals surface area contributed by atoms with E-state index in [-0.39, 0.29) is 17.9 Å². The number of nitrogens with two attached hydrogens (primary N) is 1. The van der Waals surface area contributed by atoms with Gasteiger partial charge in [0.1, 0.15) is 5.69 Å². The lowest BCUT2D eigenvalue weighted by Crippen LogP contribution is -2.15. The van der Waals surface area contributed by atoms with E-state index in [2.05, 4.69) is 10.2 Å². The zero-order valence-electron chi connectivity index (χ0n) is 9.01. The second-order valence-electron chi connectivity index (χ2n) is 3.60. The molecule has 5 nitrogen and oxygen atoms in total. The minimum absolute atomic E-state index is 0.0745. The maximum absolute atomic E-state index is 11.9. The molecule has 86 valence electrons. The molecule has 0 unspecified atom stereocenters. The monoisotopic (exact) mass is 229 g/mol. The van der Waals surface area contributed by atoms with E-state index in [9.17, 15) is 9.59 Å². The average Bonchev–Trinajstić information content (AvgIpc) is 2.78. The van der Waals surface area contributed by atoms with Crippen molar-refractivity contribution in [3.8, 4) is 0 Å². The molecule has 0 aliphatic carbocycles. The van der Waals surface area contributed by atoms with E-state index < -0.39 is 5.91 Å². The maximum Gasteiger partial charge on any atom is 0.267 e. The maximum atomic E-state index is 11.9. The Bertz CT molecular complexity index is 546. The Kier molecular flexibility index (Phi) is 3.00. The number of H-pyrrole nitrogens is 1. The number of benzene rings is 1. The molecule has 1 aromatic heterocycles. The number of aromatic amines is 1. The van der Waals surface area contributed by atoms with Crippen molar-refractivity contribution < 1.29 is 9.59 Å². The summed E-state index contributed by atoms with van der Waals surface area (Å²) < 4.78 is 0. The molecule has 0 aliphatic heterocycles. The zero-order chi connectivity index (χ0) is 12.3. The topological polar surface area (TPSA) is 88.8 Å². The van der Waals surface area contributed by atoms with E-state index in [1.54, 1.807) is 24.3 Å². The number of rotatable bonds is 4. The second-order valence-corrected chi connectivity index (χ2v) is 3.60. The van der Waals surface area contributed by atoms with Crippen molar-refractivity contribution in [3.63, 3.8) is 0 Å². The number of carbonyl (C=O) groups excluding carboxylic acids is 2.